The summed E-state index contributed by atoms with van der Waals surface area (Å²) in [6, 6.07) is 6.39. The van der Waals surface area contributed by atoms with Crippen LogP contribution in [0.15, 0.2) is 24.3 Å². The number of hydrogen-bond acceptors (Lipinski definition) is 2. The van der Waals surface area contributed by atoms with Crippen LogP contribution >= 0.6 is 12.4 Å². The lowest BCUT2D eigenvalue weighted by atomic mass is 10.3. The number of carbonyl (C=O) groups excluding carboxylic acids is 1. The van der Waals surface area contributed by atoms with Crippen molar-refractivity contribution >= 4 is 24.1 Å². The molecule has 0 heterocycles. The van der Waals surface area contributed by atoms with E-state index in [0.29, 0.717) is 11.4 Å². The van der Waals surface area contributed by atoms with E-state index in [0.717, 1.165) is 0 Å². The van der Waals surface area contributed by atoms with Gasteiger partial charge in [0.1, 0.15) is 5.75 Å². The summed E-state index contributed by atoms with van der Waals surface area (Å²) in [4.78, 5) is 10.4. The van der Waals surface area contributed by atoms with Crippen molar-refractivity contribution in [3.05, 3.63) is 24.3 Å². The number of benzene rings is 1. The van der Waals surface area contributed by atoms with Crippen LogP contribution in [0.4, 0.5) is 10.5 Å². The molecule has 0 spiro atoms. The molecule has 0 atom stereocenters. The summed E-state index contributed by atoms with van der Waals surface area (Å²) in [5.74, 6) is 0.682. The number of anilines is 1. The summed E-state index contributed by atoms with van der Waals surface area (Å²) >= 11 is 0. The predicted octanol–water partition coefficient (Wildman–Crippen LogP) is 1.61. The van der Waals surface area contributed by atoms with Gasteiger partial charge in [-0.2, -0.15) is 0 Å². The van der Waals surface area contributed by atoms with Crippen molar-refractivity contribution < 1.29 is 9.53 Å². The van der Waals surface area contributed by atoms with Gasteiger partial charge in [0.25, 0.3) is 0 Å². The van der Waals surface area contributed by atoms with Gasteiger partial charge in [-0.25, -0.2) is 4.79 Å². The topological polar surface area (TPSA) is 64.3 Å². The Hall–Kier alpha value is -1.42. The second-order valence-corrected chi connectivity index (χ2v) is 2.22. The molecule has 0 unspecified atom stereocenters. The number of hydrogen-bond donors (Lipinski definition) is 2. The SMILES string of the molecule is COc1cccc(NC(N)=O)c1.Cl. The van der Waals surface area contributed by atoms with Crippen molar-refractivity contribution in [3.63, 3.8) is 0 Å². The first-order valence-electron chi connectivity index (χ1n) is 3.43. The number of halogens is 1. The second kappa shape index (κ2) is 5.27. The molecule has 0 aliphatic carbocycles. The number of ether oxygens (including phenoxy) is 1. The predicted molar refractivity (Wildman–Crippen MR) is 53.4 cm³/mol. The molecule has 0 bridgehead atoms. The number of amides is 2. The molecular formula is C8H11ClN2O2. The van der Waals surface area contributed by atoms with Crippen LogP contribution < -0.4 is 15.8 Å². The maximum Gasteiger partial charge on any atom is 0.316 e. The minimum atomic E-state index is -0.580. The summed E-state index contributed by atoms with van der Waals surface area (Å²) < 4.78 is 4.94. The lowest BCUT2D eigenvalue weighted by Crippen LogP contribution is -2.19. The molecule has 0 saturated heterocycles. The number of rotatable bonds is 2. The van der Waals surface area contributed by atoms with Crippen molar-refractivity contribution in [2.75, 3.05) is 12.4 Å². The van der Waals surface area contributed by atoms with Crippen molar-refractivity contribution in [1.82, 2.24) is 0 Å². The average molecular weight is 203 g/mol. The van der Waals surface area contributed by atoms with E-state index >= 15 is 0 Å². The van der Waals surface area contributed by atoms with Crippen LogP contribution in [0.1, 0.15) is 0 Å². The Morgan fingerprint density at radius 3 is 2.77 bits per heavy atom. The number of carbonyl (C=O) groups is 1. The fourth-order valence-corrected chi connectivity index (χ4v) is 0.843. The Morgan fingerprint density at radius 1 is 1.54 bits per heavy atom. The molecule has 0 saturated carbocycles. The molecule has 0 aliphatic heterocycles. The lowest BCUT2D eigenvalue weighted by molar-refractivity contribution is 0.259. The van der Waals surface area contributed by atoms with Gasteiger partial charge in [0.05, 0.1) is 7.11 Å². The van der Waals surface area contributed by atoms with Gasteiger partial charge in [-0.15, -0.1) is 12.4 Å². The fourth-order valence-electron chi connectivity index (χ4n) is 0.843. The van der Waals surface area contributed by atoms with E-state index in [9.17, 15) is 4.79 Å². The van der Waals surface area contributed by atoms with Crippen molar-refractivity contribution in [2.45, 2.75) is 0 Å². The Kier molecular flexibility index (Phi) is 4.69. The minimum absolute atomic E-state index is 0. The van der Waals surface area contributed by atoms with Crippen LogP contribution in [-0.4, -0.2) is 13.1 Å². The van der Waals surface area contributed by atoms with Crippen molar-refractivity contribution in [2.24, 2.45) is 5.73 Å². The van der Waals surface area contributed by atoms with Gasteiger partial charge in [0.2, 0.25) is 0 Å². The van der Waals surface area contributed by atoms with Crippen LogP contribution in [0.25, 0.3) is 0 Å². The highest BCUT2D eigenvalue weighted by molar-refractivity contribution is 5.87. The molecule has 0 fully saturated rings. The van der Waals surface area contributed by atoms with E-state index in [1.165, 1.54) is 0 Å². The van der Waals surface area contributed by atoms with E-state index in [2.05, 4.69) is 5.32 Å². The normalized spacial score (nSPS) is 8.38. The molecule has 72 valence electrons. The monoisotopic (exact) mass is 202 g/mol. The summed E-state index contributed by atoms with van der Waals surface area (Å²) in [6.07, 6.45) is 0. The smallest absolute Gasteiger partial charge is 0.316 e. The minimum Gasteiger partial charge on any atom is -0.497 e. The fraction of sp³-hybridized carbons (Fsp3) is 0.125. The zero-order valence-electron chi connectivity index (χ0n) is 7.11. The van der Waals surface area contributed by atoms with Crippen molar-refractivity contribution in [3.8, 4) is 5.75 Å². The second-order valence-electron chi connectivity index (χ2n) is 2.22. The molecule has 0 aromatic heterocycles. The van der Waals surface area contributed by atoms with E-state index in [4.69, 9.17) is 10.5 Å². The van der Waals surface area contributed by atoms with Gasteiger partial charge in [-0.05, 0) is 12.1 Å². The third-order valence-corrected chi connectivity index (χ3v) is 1.34. The number of urea groups is 1. The standard InChI is InChI=1S/C8H10N2O2.ClH/c1-12-7-4-2-3-6(5-7)10-8(9)11;/h2-5H,1H3,(H3,9,10,11);1H. The number of methoxy groups -OCH3 is 1. The van der Waals surface area contributed by atoms with Gasteiger partial charge < -0.3 is 15.8 Å². The molecule has 13 heavy (non-hydrogen) atoms. The van der Waals surface area contributed by atoms with E-state index < -0.39 is 6.03 Å². The molecule has 3 N–H and O–H groups in total. The van der Waals surface area contributed by atoms with Gasteiger partial charge in [-0.1, -0.05) is 6.07 Å². The summed E-state index contributed by atoms with van der Waals surface area (Å²) in [5.41, 5.74) is 5.55. The quantitative estimate of drug-likeness (QED) is 0.765. The van der Waals surface area contributed by atoms with Crippen molar-refractivity contribution in [1.29, 1.82) is 0 Å². The first-order valence-corrected chi connectivity index (χ1v) is 3.43. The molecule has 5 heteroatoms. The summed E-state index contributed by atoms with van der Waals surface area (Å²) in [7, 11) is 1.56. The molecule has 2 amide bonds. The molecule has 0 aliphatic rings. The zero-order valence-corrected chi connectivity index (χ0v) is 7.93. The first-order chi connectivity index (χ1) is 5.72. The third kappa shape index (κ3) is 3.66. The summed E-state index contributed by atoms with van der Waals surface area (Å²) in [5, 5.41) is 2.44. The number of nitrogens with one attached hydrogen (secondary N) is 1. The number of nitrogens with two attached hydrogens (primary N) is 1. The Bertz CT molecular complexity index is 291. The van der Waals surface area contributed by atoms with Crippen LogP contribution in [0.5, 0.6) is 5.75 Å². The molecule has 1 aromatic rings. The van der Waals surface area contributed by atoms with Gasteiger partial charge in [-0.3, -0.25) is 0 Å². The van der Waals surface area contributed by atoms with Crippen LogP contribution in [0.2, 0.25) is 0 Å². The Labute approximate surface area is 82.5 Å². The largest absolute Gasteiger partial charge is 0.497 e. The number of primary amides is 1. The maximum absolute atomic E-state index is 10.4. The van der Waals surface area contributed by atoms with Crippen LogP contribution in [-0.2, 0) is 0 Å². The lowest BCUT2D eigenvalue weighted by Gasteiger charge is -2.03. The van der Waals surface area contributed by atoms with E-state index in [-0.39, 0.29) is 12.4 Å². The molecule has 1 aromatic carbocycles. The van der Waals surface area contributed by atoms with Crippen LogP contribution in [0, 0.1) is 0 Å². The zero-order chi connectivity index (χ0) is 8.97. The molecule has 0 radical (unpaired) electrons. The van der Waals surface area contributed by atoms with E-state index in [1.807, 2.05) is 0 Å². The first kappa shape index (κ1) is 11.6. The highest BCUT2D eigenvalue weighted by Crippen LogP contribution is 2.15. The third-order valence-electron chi connectivity index (χ3n) is 1.34. The van der Waals surface area contributed by atoms with Gasteiger partial charge in [0, 0.05) is 11.8 Å². The summed E-state index contributed by atoms with van der Waals surface area (Å²) in [6.45, 7) is 0. The highest BCUT2D eigenvalue weighted by Gasteiger charge is 1.96. The molecule has 4 nitrogen and oxygen atoms in total. The molecular weight excluding hydrogens is 192 g/mol. The Balaban J connectivity index is 0.00000144. The van der Waals surface area contributed by atoms with Crippen LogP contribution in [0.3, 0.4) is 0 Å². The van der Waals surface area contributed by atoms with Gasteiger partial charge in [0.15, 0.2) is 0 Å². The highest BCUT2D eigenvalue weighted by atomic mass is 35.5. The molecule has 1 rings (SSSR count). The maximum atomic E-state index is 10.4. The average Bonchev–Trinajstić information content (AvgIpc) is 2.03. The van der Waals surface area contributed by atoms with E-state index in [1.54, 1.807) is 31.4 Å². The van der Waals surface area contributed by atoms with Gasteiger partial charge >= 0.3 is 6.03 Å². The Morgan fingerprint density at radius 2 is 2.23 bits per heavy atom.